The van der Waals surface area contributed by atoms with Gasteiger partial charge in [0.1, 0.15) is 0 Å². The third kappa shape index (κ3) is 77.6. The Morgan fingerprint density at radius 1 is 1.40 bits per heavy atom. The van der Waals surface area contributed by atoms with E-state index in [0.29, 0.717) is 0 Å². The molecule has 0 atom stereocenters. The van der Waals surface area contributed by atoms with Crippen molar-refractivity contribution in [1.82, 2.24) is 0 Å². The van der Waals surface area contributed by atoms with Gasteiger partial charge in [-0.05, 0) is 13.8 Å². The van der Waals surface area contributed by atoms with Gasteiger partial charge in [-0.25, -0.2) is 0 Å². The molecule has 0 unspecified atom stereocenters. The standard InChI is InChI=1S/C3H8O.W/c1-3(2)4;/h3-4H,1-2H3;. The Hall–Kier alpha value is 0.648. The van der Waals surface area contributed by atoms with E-state index in [0.717, 1.165) is 0 Å². The van der Waals surface area contributed by atoms with Crippen LogP contribution in [0.25, 0.3) is 0 Å². The van der Waals surface area contributed by atoms with Crippen LogP contribution in [0.1, 0.15) is 13.8 Å². The molecule has 0 radical (unpaired) electrons. The summed E-state index contributed by atoms with van der Waals surface area (Å²) in [6, 6.07) is 0. The molecule has 0 rings (SSSR count). The van der Waals surface area contributed by atoms with Gasteiger partial charge in [-0.2, -0.15) is 0 Å². The smallest absolute Gasteiger partial charge is 0.0483 e. The van der Waals surface area contributed by atoms with Gasteiger partial charge in [0, 0.05) is 27.2 Å². The normalized spacial score (nSPS) is 7.20. The number of aliphatic hydroxyl groups is 1. The fraction of sp³-hybridized carbons (Fsp3) is 1.00. The molecule has 0 saturated carbocycles. The van der Waals surface area contributed by atoms with Crippen molar-refractivity contribution in [2.24, 2.45) is 0 Å². The summed E-state index contributed by atoms with van der Waals surface area (Å²) in [5.41, 5.74) is 0. The van der Waals surface area contributed by atoms with Crippen molar-refractivity contribution in [2.45, 2.75) is 20.0 Å². The van der Waals surface area contributed by atoms with Gasteiger partial charge < -0.3 is 5.11 Å². The predicted molar refractivity (Wildman–Crippen MR) is 17.4 cm³/mol. The van der Waals surface area contributed by atoms with Crippen LogP contribution >= 0.6 is 0 Å². The minimum absolute atomic E-state index is 0. The summed E-state index contributed by atoms with van der Waals surface area (Å²) < 4.78 is 0. The maximum absolute atomic E-state index is 8.06. The van der Waals surface area contributed by atoms with Crippen LogP contribution in [0.3, 0.4) is 0 Å². The fourth-order valence-electron chi connectivity index (χ4n) is 0. The van der Waals surface area contributed by atoms with E-state index in [2.05, 4.69) is 0 Å². The van der Waals surface area contributed by atoms with Gasteiger partial charge in [-0.3, -0.25) is 0 Å². The fourth-order valence-corrected chi connectivity index (χ4v) is 0. The molecule has 0 aliphatic rings. The van der Waals surface area contributed by atoms with E-state index in [-0.39, 0.29) is 27.2 Å². The van der Waals surface area contributed by atoms with E-state index < -0.39 is 0 Å². The third-order valence-electron chi connectivity index (χ3n) is 0. The zero-order valence-electron chi connectivity index (χ0n) is 3.43. The van der Waals surface area contributed by atoms with E-state index in [4.69, 9.17) is 5.11 Å². The van der Waals surface area contributed by atoms with Crippen molar-refractivity contribution in [1.29, 1.82) is 0 Å². The molecule has 0 aromatic carbocycles. The first-order chi connectivity index (χ1) is 1.73. The first-order valence-electron chi connectivity index (χ1n) is 1.41. The average Bonchev–Trinajstić information content (AvgIpc) is 0.811. The van der Waals surface area contributed by atoms with Crippen LogP contribution < -0.4 is 0 Å². The van der Waals surface area contributed by atoms with Crippen LogP contribution in [0.2, 0.25) is 0 Å². The third-order valence-corrected chi connectivity index (χ3v) is 0. The molecule has 0 heterocycles. The van der Waals surface area contributed by atoms with E-state index in [1.54, 1.807) is 13.8 Å². The molecule has 5 heavy (non-hydrogen) atoms. The Balaban J connectivity index is 0. The van der Waals surface area contributed by atoms with Crippen molar-refractivity contribution >= 4 is 0 Å². The number of rotatable bonds is 0. The Bertz CT molecular complexity index is 11.6. The second-order valence-corrected chi connectivity index (χ2v) is 1.09. The number of hydrogen-bond donors (Lipinski definition) is 1. The summed E-state index contributed by atoms with van der Waals surface area (Å²) in [6.07, 6.45) is -0.167. The van der Waals surface area contributed by atoms with Crippen molar-refractivity contribution in [3.8, 4) is 0 Å². The van der Waals surface area contributed by atoms with Crippen LogP contribution in [-0.2, 0) is 21.1 Å². The summed E-state index contributed by atoms with van der Waals surface area (Å²) in [4.78, 5) is 0. The number of aliphatic hydroxyl groups excluding tert-OH is 1. The molecule has 2 heteroatoms. The molecule has 1 nitrogen and oxygen atoms in total. The SMILES string of the molecule is CC(C)O.[W]. The van der Waals surface area contributed by atoms with E-state index in [1.807, 2.05) is 0 Å². The summed E-state index contributed by atoms with van der Waals surface area (Å²) in [5, 5.41) is 8.06. The molecule has 0 fully saturated rings. The Labute approximate surface area is 46.7 Å². The molecule has 0 aromatic heterocycles. The molecular weight excluding hydrogens is 236 g/mol. The van der Waals surface area contributed by atoms with Crippen LogP contribution in [-0.4, -0.2) is 11.2 Å². The van der Waals surface area contributed by atoms with Crippen molar-refractivity contribution in [3.63, 3.8) is 0 Å². The molecule has 1 N–H and O–H groups in total. The minimum Gasteiger partial charge on any atom is -0.394 e. The molecule has 0 spiro atoms. The molecule has 0 amide bonds. The monoisotopic (exact) mass is 244 g/mol. The van der Waals surface area contributed by atoms with Gasteiger partial charge >= 0.3 is 0 Å². The van der Waals surface area contributed by atoms with Gasteiger partial charge in [0.15, 0.2) is 0 Å². The van der Waals surface area contributed by atoms with Crippen LogP contribution in [0.15, 0.2) is 0 Å². The Morgan fingerprint density at radius 2 is 1.40 bits per heavy atom. The molecule has 0 bridgehead atoms. The van der Waals surface area contributed by atoms with Gasteiger partial charge in [0.2, 0.25) is 0 Å². The summed E-state index contributed by atoms with van der Waals surface area (Å²) >= 11 is 0. The summed E-state index contributed by atoms with van der Waals surface area (Å²) in [7, 11) is 0. The van der Waals surface area contributed by atoms with Crippen LogP contribution in [0, 0.1) is 0 Å². The Kier molecular flexibility index (Phi) is 8.52. The topological polar surface area (TPSA) is 20.2 Å². The van der Waals surface area contributed by atoms with Crippen LogP contribution in [0.5, 0.6) is 0 Å². The minimum atomic E-state index is -0.167. The van der Waals surface area contributed by atoms with Crippen molar-refractivity contribution < 1.29 is 26.2 Å². The molecule has 0 saturated heterocycles. The van der Waals surface area contributed by atoms with Gasteiger partial charge in [0.25, 0.3) is 0 Å². The number of hydrogen-bond acceptors (Lipinski definition) is 1. The summed E-state index contributed by atoms with van der Waals surface area (Å²) in [5.74, 6) is 0. The predicted octanol–water partition coefficient (Wildman–Crippen LogP) is 0.385. The van der Waals surface area contributed by atoms with E-state index >= 15 is 0 Å². The maximum atomic E-state index is 8.06. The largest absolute Gasteiger partial charge is 0.394 e. The average molecular weight is 244 g/mol. The quantitative estimate of drug-likeness (QED) is 0.653. The molecule has 0 aliphatic heterocycles. The Morgan fingerprint density at radius 3 is 1.40 bits per heavy atom. The van der Waals surface area contributed by atoms with Crippen LogP contribution in [0.4, 0.5) is 0 Å². The second kappa shape index (κ2) is 4.65. The van der Waals surface area contributed by atoms with E-state index in [1.165, 1.54) is 0 Å². The first-order valence-corrected chi connectivity index (χ1v) is 1.41. The van der Waals surface area contributed by atoms with E-state index in [9.17, 15) is 0 Å². The molecule has 0 aliphatic carbocycles. The van der Waals surface area contributed by atoms with Gasteiger partial charge in [-0.15, -0.1) is 0 Å². The second-order valence-electron chi connectivity index (χ2n) is 1.09. The molecular formula is C3H8OW. The first kappa shape index (κ1) is 9.17. The molecule has 32 valence electrons. The molecule has 0 aromatic rings. The maximum Gasteiger partial charge on any atom is 0.0483 e. The summed E-state index contributed by atoms with van der Waals surface area (Å²) in [6.45, 7) is 3.44. The zero-order valence-corrected chi connectivity index (χ0v) is 6.37. The zero-order chi connectivity index (χ0) is 3.58. The van der Waals surface area contributed by atoms with Crippen molar-refractivity contribution in [3.05, 3.63) is 0 Å². The van der Waals surface area contributed by atoms with Gasteiger partial charge in [0.05, 0.1) is 0 Å². The van der Waals surface area contributed by atoms with Gasteiger partial charge in [-0.1, -0.05) is 0 Å². The van der Waals surface area contributed by atoms with Crippen molar-refractivity contribution in [2.75, 3.05) is 0 Å².